The van der Waals surface area contributed by atoms with Crippen LogP contribution in [0.3, 0.4) is 0 Å². The molecule has 8 nitrogen and oxygen atoms in total. The molecule has 9 heteroatoms. The summed E-state index contributed by atoms with van der Waals surface area (Å²) >= 11 is 1.20. The maximum Gasteiger partial charge on any atom is 0.282 e. The molecular formula is C19H17N3O5S. The Balaban J connectivity index is 1.45. The van der Waals surface area contributed by atoms with Crippen LogP contribution in [0.15, 0.2) is 42.5 Å². The van der Waals surface area contributed by atoms with Crippen molar-refractivity contribution in [3.8, 4) is 11.5 Å². The van der Waals surface area contributed by atoms with E-state index in [1.807, 2.05) is 0 Å². The number of para-hydroxylation sites is 1. The van der Waals surface area contributed by atoms with E-state index in [1.54, 1.807) is 42.5 Å². The smallest absolute Gasteiger partial charge is 0.282 e. The van der Waals surface area contributed by atoms with E-state index in [0.29, 0.717) is 40.7 Å². The van der Waals surface area contributed by atoms with E-state index in [-0.39, 0.29) is 30.4 Å². The zero-order chi connectivity index (χ0) is 19.5. The number of carbonyl (C=O) groups is 3. The number of nitrogens with zero attached hydrogens (tertiary/aromatic N) is 1. The lowest BCUT2D eigenvalue weighted by molar-refractivity contribution is -0.116. The number of hydrogen-bond donors (Lipinski definition) is 2. The quantitative estimate of drug-likeness (QED) is 0.803. The second-order valence-electron chi connectivity index (χ2n) is 6.15. The summed E-state index contributed by atoms with van der Waals surface area (Å²) < 4.78 is 10.6. The highest BCUT2D eigenvalue weighted by Gasteiger charge is 2.24. The molecule has 3 amide bonds. The van der Waals surface area contributed by atoms with Gasteiger partial charge in [0.2, 0.25) is 12.7 Å². The molecule has 2 heterocycles. The highest BCUT2D eigenvalue weighted by molar-refractivity contribution is 8.13. The Kier molecular flexibility index (Phi) is 5.07. The van der Waals surface area contributed by atoms with Gasteiger partial charge >= 0.3 is 0 Å². The van der Waals surface area contributed by atoms with Gasteiger partial charge in [0.15, 0.2) is 11.5 Å². The van der Waals surface area contributed by atoms with Crippen molar-refractivity contribution in [3.63, 3.8) is 0 Å². The minimum atomic E-state index is -0.373. The molecule has 1 saturated heterocycles. The molecule has 0 atom stereocenters. The first kappa shape index (κ1) is 18.2. The number of thioether (sulfide) groups is 1. The standard InChI is InChI=1S/C19H17N3O5S/c23-17(10-22-7-8-28-19(22)25)21-14-4-2-1-3-13(14)18(24)20-12-5-6-15-16(9-12)27-11-26-15/h1-6,9H,7-8,10-11H2,(H,20,24)(H,21,23). The molecule has 144 valence electrons. The van der Waals surface area contributed by atoms with Gasteiger partial charge in [-0.3, -0.25) is 14.4 Å². The maximum absolute atomic E-state index is 12.7. The molecule has 2 aromatic carbocycles. The Hall–Kier alpha value is -3.20. The number of carbonyl (C=O) groups excluding carboxylic acids is 3. The number of nitrogens with one attached hydrogen (secondary N) is 2. The fraction of sp³-hybridized carbons (Fsp3) is 0.211. The van der Waals surface area contributed by atoms with Gasteiger partial charge in [0.1, 0.15) is 6.54 Å². The van der Waals surface area contributed by atoms with Crippen LogP contribution >= 0.6 is 11.8 Å². The third-order valence-electron chi connectivity index (χ3n) is 4.26. The number of amides is 3. The Morgan fingerprint density at radius 3 is 2.71 bits per heavy atom. The molecule has 0 aromatic heterocycles. The third kappa shape index (κ3) is 3.89. The topological polar surface area (TPSA) is 97.0 Å². The molecule has 2 aliphatic heterocycles. The number of benzene rings is 2. The van der Waals surface area contributed by atoms with Crippen LogP contribution in [0.1, 0.15) is 10.4 Å². The highest BCUT2D eigenvalue weighted by Crippen LogP contribution is 2.34. The van der Waals surface area contributed by atoms with Gasteiger partial charge in [-0.1, -0.05) is 23.9 Å². The predicted molar refractivity (Wildman–Crippen MR) is 105 cm³/mol. The van der Waals surface area contributed by atoms with Crippen LogP contribution in [-0.4, -0.2) is 47.6 Å². The van der Waals surface area contributed by atoms with Crippen molar-refractivity contribution in [2.45, 2.75) is 0 Å². The molecule has 0 bridgehead atoms. The van der Waals surface area contributed by atoms with Gasteiger partial charge < -0.3 is 25.0 Å². The molecule has 0 saturated carbocycles. The van der Waals surface area contributed by atoms with Crippen LogP contribution in [0.4, 0.5) is 16.2 Å². The van der Waals surface area contributed by atoms with Crippen molar-refractivity contribution in [1.29, 1.82) is 0 Å². The average molecular weight is 399 g/mol. The summed E-state index contributed by atoms with van der Waals surface area (Å²) in [5.41, 5.74) is 1.25. The van der Waals surface area contributed by atoms with Crippen LogP contribution in [-0.2, 0) is 4.79 Å². The van der Waals surface area contributed by atoms with Gasteiger partial charge in [0.25, 0.3) is 11.1 Å². The Bertz CT molecular complexity index is 949. The molecule has 0 radical (unpaired) electrons. The van der Waals surface area contributed by atoms with Crippen LogP contribution in [0.2, 0.25) is 0 Å². The summed E-state index contributed by atoms with van der Waals surface area (Å²) in [6.07, 6.45) is 0. The van der Waals surface area contributed by atoms with Crippen molar-refractivity contribution in [2.75, 3.05) is 36.3 Å². The number of fused-ring (bicyclic) bond motifs is 1. The second-order valence-corrected chi connectivity index (χ2v) is 7.20. The molecule has 0 aliphatic carbocycles. The molecule has 28 heavy (non-hydrogen) atoms. The first-order chi connectivity index (χ1) is 13.6. The van der Waals surface area contributed by atoms with E-state index in [4.69, 9.17) is 9.47 Å². The molecule has 1 fully saturated rings. The summed E-state index contributed by atoms with van der Waals surface area (Å²) in [5, 5.41) is 5.40. The molecule has 2 aromatic rings. The Morgan fingerprint density at radius 2 is 1.89 bits per heavy atom. The number of ether oxygens (including phenoxy) is 2. The molecule has 4 rings (SSSR count). The lowest BCUT2D eigenvalue weighted by Crippen LogP contribution is -2.33. The maximum atomic E-state index is 12.7. The normalized spacial score (nSPS) is 14.9. The summed E-state index contributed by atoms with van der Waals surface area (Å²) in [6, 6.07) is 11.8. The van der Waals surface area contributed by atoms with Crippen molar-refractivity contribution in [1.82, 2.24) is 4.90 Å². The van der Waals surface area contributed by atoms with E-state index in [0.717, 1.165) is 0 Å². The minimum Gasteiger partial charge on any atom is -0.454 e. The van der Waals surface area contributed by atoms with Crippen LogP contribution in [0.5, 0.6) is 11.5 Å². The Labute approximate surface area is 165 Å². The number of anilines is 2. The van der Waals surface area contributed by atoms with Crippen molar-refractivity contribution in [3.05, 3.63) is 48.0 Å². The zero-order valence-corrected chi connectivity index (χ0v) is 15.6. The second kappa shape index (κ2) is 7.81. The van der Waals surface area contributed by atoms with Gasteiger partial charge in [-0.05, 0) is 24.3 Å². The van der Waals surface area contributed by atoms with E-state index in [1.165, 1.54) is 16.7 Å². The van der Waals surface area contributed by atoms with E-state index < -0.39 is 0 Å². The molecule has 2 aliphatic rings. The van der Waals surface area contributed by atoms with Crippen LogP contribution in [0, 0.1) is 0 Å². The summed E-state index contributed by atoms with van der Waals surface area (Å²) in [5.74, 6) is 1.15. The van der Waals surface area contributed by atoms with Crippen molar-refractivity contribution >= 4 is 40.2 Å². The van der Waals surface area contributed by atoms with Crippen molar-refractivity contribution < 1.29 is 23.9 Å². The first-order valence-electron chi connectivity index (χ1n) is 8.62. The average Bonchev–Trinajstić information content (AvgIpc) is 3.30. The summed E-state index contributed by atoms with van der Waals surface area (Å²) in [7, 11) is 0. The molecule has 2 N–H and O–H groups in total. The molecule has 0 unspecified atom stereocenters. The van der Waals surface area contributed by atoms with E-state index in [9.17, 15) is 14.4 Å². The monoisotopic (exact) mass is 399 g/mol. The van der Waals surface area contributed by atoms with Crippen LogP contribution in [0.25, 0.3) is 0 Å². The Morgan fingerprint density at radius 1 is 1.07 bits per heavy atom. The van der Waals surface area contributed by atoms with E-state index in [2.05, 4.69) is 10.6 Å². The molecule has 0 spiro atoms. The zero-order valence-electron chi connectivity index (χ0n) is 14.8. The van der Waals surface area contributed by atoms with Gasteiger partial charge in [-0.2, -0.15) is 0 Å². The molecular weight excluding hydrogens is 382 g/mol. The first-order valence-corrected chi connectivity index (χ1v) is 9.60. The van der Waals surface area contributed by atoms with Crippen LogP contribution < -0.4 is 20.1 Å². The fourth-order valence-corrected chi connectivity index (χ4v) is 3.72. The fourth-order valence-electron chi connectivity index (χ4n) is 2.90. The predicted octanol–water partition coefficient (Wildman–Crippen LogP) is 2.77. The van der Waals surface area contributed by atoms with Gasteiger partial charge in [-0.15, -0.1) is 0 Å². The number of hydrogen-bond acceptors (Lipinski definition) is 6. The largest absolute Gasteiger partial charge is 0.454 e. The van der Waals surface area contributed by atoms with E-state index >= 15 is 0 Å². The number of rotatable bonds is 5. The lowest BCUT2D eigenvalue weighted by Gasteiger charge is -2.15. The third-order valence-corrected chi connectivity index (χ3v) is 5.15. The minimum absolute atomic E-state index is 0.0378. The lowest BCUT2D eigenvalue weighted by atomic mass is 10.1. The van der Waals surface area contributed by atoms with Crippen molar-refractivity contribution in [2.24, 2.45) is 0 Å². The SMILES string of the molecule is O=C(CN1CCSC1=O)Nc1ccccc1C(=O)Nc1ccc2c(c1)OCO2. The van der Waals surface area contributed by atoms with Gasteiger partial charge in [0, 0.05) is 24.1 Å². The summed E-state index contributed by atoms with van der Waals surface area (Å²) in [6.45, 7) is 0.659. The van der Waals surface area contributed by atoms with Gasteiger partial charge in [-0.25, -0.2) is 0 Å². The highest BCUT2D eigenvalue weighted by atomic mass is 32.2. The summed E-state index contributed by atoms with van der Waals surface area (Å²) in [4.78, 5) is 38.1. The van der Waals surface area contributed by atoms with Gasteiger partial charge in [0.05, 0.1) is 11.3 Å².